The van der Waals surface area contributed by atoms with Crippen molar-refractivity contribution in [3.63, 3.8) is 0 Å². The van der Waals surface area contributed by atoms with Gasteiger partial charge in [0.05, 0.1) is 6.42 Å². The molecule has 2 aromatic rings. The summed E-state index contributed by atoms with van der Waals surface area (Å²) in [7, 11) is -1.81. The van der Waals surface area contributed by atoms with Crippen molar-refractivity contribution in [1.82, 2.24) is 0 Å². The van der Waals surface area contributed by atoms with Gasteiger partial charge in [-0.05, 0) is 70.0 Å². The molecule has 0 fully saturated rings. The molecule has 2 rings (SSSR count). The molecule has 4 nitrogen and oxygen atoms in total. The SMILES string of the molecule is Cc1cc(C)c(C(=O)P(CCC(=O)O)C(=O)c2c(C)cc(C)cc2C)c(C)c1. The topological polar surface area (TPSA) is 71.4 Å². The van der Waals surface area contributed by atoms with Gasteiger partial charge >= 0.3 is 5.97 Å². The normalized spacial score (nSPS) is 11.0. The number of carbonyl (C=O) groups excluding carboxylic acids is 2. The Labute approximate surface area is 167 Å². The quantitative estimate of drug-likeness (QED) is 0.628. The lowest BCUT2D eigenvalue weighted by atomic mass is 10.0. The second-order valence-electron chi connectivity index (χ2n) is 7.45. The number of aryl methyl sites for hydroxylation is 6. The smallest absolute Gasteiger partial charge is 0.303 e. The van der Waals surface area contributed by atoms with Crippen molar-refractivity contribution in [2.45, 2.75) is 48.0 Å². The Morgan fingerprint density at radius 1 is 0.714 bits per heavy atom. The highest BCUT2D eigenvalue weighted by molar-refractivity contribution is 7.90. The lowest BCUT2D eigenvalue weighted by Gasteiger charge is -2.20. The Morgan fingerprint density at radius 2 is 1.04 bits per heavy atom. The summed E-state index contributed by atoms with van der Waals surface area (Å²) in [6, 6.07) is 7.71. The zero-order valence-corrected chi connectivity index (χ0v) is 18.2. The van der Waals surface area contributed by atoms with Crippen molar-refractivity contribution in [3.05, 3.63) is 68.8 Å². The van der Waals surface area contributed by atoms with Crippen LogP contribution in [0, 0.1) is 41.5 Å². The molecule has 0 aromatic heterocycles. The third kappa shape index (κ3) is 4.74. The third-order valence-corrected chi connectivity index (χ3v) is 6.92. The Balaban J connectivity index is 2.55. The second-order valence-corrected chi connectivity index (χ2v) is 9.57. The highest BCUT2D eigenvalue weighted by Gasteiger charge is 2.32. The molecule has 0 unspecified atom stereocenters. The van der Waals surface area contributed by atoms with Gasteiger partial charge in [0.1, 0.15) is 0 Å². The summed E-state index contributed by atoms with van der Waals surface area (Å²) in [6.07, 6.45) is -0.140. The number of carboxylic acids is 1. The molecule has 0 aliphatic carbocycles. The van der Waals surface area contributed by atoms with Crippen LogP contribution in [0.4, 0.5) is 0 Å². The number of carboxylic acid groups (broad SMARTS) is 1. The summed E-state index contributed by atoms with van der Waals surface area (Å²) in [5.41, 5.74) is 6.08. The number of rotatable bonds is 7. The summed E-state index contributed by atoms with van der Waals surface area (Å²) in [4.78, 5) is 38.0. The van der Waals surface area contributed by atoms with Crippen LogP contribution in [0.5, 0.6) is 0 Å². The first-order valence-electron chi connectivity index (χ1n) is 9.26. The first-order valence-corrected chi connectivity index (χ1v) is 10.8. The van der Waals surface area contributed by atoms with Crippen molar-refractivity contribution in [1.29, 1.82) is 0 Å². The van der Waals surface area contributed by atoms with Gasteiger partial charge in [0.15, 0.2) is 11.0 Å². The van der Waals surface area contributed by atoms with Crippen LogP contribution >= 0.6 is 7.92 Å². The van der Waals surface area contributed by atoms with Crippen LogP contribution in [-0.4, -0.2) is 28.3 Å². The Bertz CT molecular complexity index is 844. The number of hydrogen-bond donors (Lipinski definition) is 1. The van der Waals surface area contributed by atoms with Crippen LogP contribution < -0.4 is 0 Å². The lowest BCUT2D eigenvalue weighted by Crippen LogP contribution is -2.15. The van der Waals surface area contributed by atoms with Crippen LogP contribution in [-0.2, 0) is 4.79 Å². The molecule has 0 heterocycles. The fraction of sp³-hybridized carbons (Fsp3) is 0.348. The number of carbonyl (C=O) groups is 3. The van der Waals surface area contributed by atoms with Gasteiger partial charge in [-0.1, -0.05) is 35.4 Å². The van der Waals surface area contributed by atoms with E-state index in [-0.39, 0.29) is 23.6 Å². The highest BCUT2D eigenvalue weighted by Crippen LogP contribution is 2.46. The molecule has 0 spiro atoms. The standard InChI is InChI=1S/C23H27O4P/c1-13-9-15(3)20(16(4)10-13)22(26)28(8-7-19(24)25)23(27)21-17(5)11-14(2)12-18(21)6/h9-12H,7-8H2,1-6H3,(H,24,25). The number of hydrogen-bond acceptors (Lipinski definition) is 3. The van der Waals surface area contributed by atoms with E-state index in [0.29, 0.717) is 11.1 Å². The van der Waals surface area contributed by atoms with Crippen LogP contribution in [0.1, 0.15) is 60.5 Å². The average molecular weight is 398 g/mol. The molecule has 28 heavy (non-hydrogen) atoms. The zero-order valence-electron chi connectivity index (χ0n) is 17.3. The fourth-order valence-corrected chi connectivity index (χ4v) is 6.06. The average Bonchev–Trinajstić information content (AvgIpc) is 2.52. The largest absolute Gasteiger partial charge is 0.481 e. The van der Waals surface area contributed by atoms with Gasteiger partial charge in [0.2, 0.25) is 0 Å². The van der Waals surface area contributed by atoms with Gasteiger partial charge in [-0.3, -0.25) is 14.4 Å². The monoisotopic (exact) mass is 398 g/mol. The van der Waals surface area contributed by atoms with Crippen molar-refractivity contribution >= 4 is 24.9 Å². The maximum absolute atomic E-state index is 13.4. The van der Waals surface area contributed by atoms with Gasteiger partial charge in [-0.25, -0.2) is 0 Å². The molecule has 0 aliphatic heterocycles. The minimum atomic E-state index is -1.81. The molecule has 0 saturated heterocycles. The van der Waals surface area contributed by atoms with E-state index in [1.165, 1.54) is 0 Å². The Hall–Kier alpha value is -2.32. The fourth-order valence-electron chi connectivity index (χ4n) is 3.81. The Kier molecular flexibility index (Phi) is 6.90. The second kappa shape index (κ2) is 8.79. The van der Waals surface area contributed by atoms with E-state index in [9.17, 15) is 14.4 Å². The minimum Gasteiger partial charge on any atom is -0.481 e. The first-order chi connectivity index (χ1) is 13.0. The predicted molar refractivity (Wildman–Crippen MR) is 114 cm³/mol. The van der Waals surface area contributed by atoms with Crippen molar-refractivity contribution < 1.29 is 19.5 Å². The molecular weight excluding hydrogens is 371 g/mol. The minimum absolute atomic E-state index is 0.0574. The molecule has 148 valence electrons. The lowest BCUT2D eigenvalue weighted by molar-refractivity contribution is -0.136. The maximum atomic E-state index is 13.4. The van der Waals surface area contributed by atoms with Crippen LogP contribution in [0.25, 0.3) is 0 Å². The first kappa shape index (κ1) is 22.0. The molecular formula is C23H27O4P. The molecule has 5 heteroatoms. The molecule has 0 bridgehead atoms. The van der Waals surface area contributed by atoms with E-state index in [4.69, 9.17) is 5.11 Å². The van der Waals surface area contributed by atoms with E-state index in [2.05, 4.69) is 0 Å². The molecule has 0 aliphatic rings. The van der Waals surface area contributed by atoms with Gasteiger partial charge in [-0.2, -0.15) is 0 Å². The summed E-state index contributed by atoms with van der Waals surface area (Å²) >= 11 is 0. The third-order valence-electron chi connectivity index (χ3n) is 4.82. The zero-order chi connectivity index (χ0) is 21.2. The van der Waals surface area contributed by atoms with E-state index in [1.54, 1.807) is 0 Å². The number of aliphatic carboxylic acids is 1. The van der Waals surface area contributed by atoms with Gasteiger partial charge in [0.25, 0.3) is 0 Å². The van der Waals surface area contributed by atoms with Crippen LogP contribution in [0.3, 0.4) is 0 Å². The van der Waals surface area contributed by atoms with Crippen molar-refractivity contribution in [2.24, 2.45) is 0 Å². The molecule has 1 N–H and O–H groups in total. The van der Waals surface area contributed by atoms with Crippen LogP contribution in [0.2, 0.25) is 0 Å². The van der Waals surface area contributed by atoms with E-state index >= 15 is 0 Å². The van der Waals surface area contributed by atoms with Gasteiger partial charge in [0, 0.05) is 19.0 Å². The van der Waals surface area contributed by atoms with Crippen LogP contribution in [0.15, 0.2) is 24.3 Å². The summed E-state index contributed by atoms with van der Waals surface area (Å²) in [6.45, 7) is 11.4. The number of benzene rings is 2. The van der Waals surface area contributed by atoms with Crippen molar-refractivity contribution in [3.8, 4) is 0 Å². The molecule has 0 radical (unpaired) electrons. The molecule has 0 saturated carbocycles. The van der Waals surface area contributed by atoms with E-state index in [0.717, 1.165) is 33.4 Å². The molecule has 0 amide bonds. The van der Waals surface area contributed by atoms with Gasteiger partial charge < -0.3 is 5.11 Å². The van der Waals surface area contributed by atoms with E-state index in [1.807, 2.05) is 65.8 Å². The summed E-state index contributed by atoms with van der Waals surface area (Å²) < 4.78 is 0. The highest BCUT2D eigenvalue weighted by atomic mass is 31.1. The maximum Gasteiger partial charge on any atom is 0.303 e. The molecule has 2 aromatic carbocycles. The van der Waals surface area contributed by atoms with Crippen molar-refractivity contribution in [2.75, 3.05) is 6.16 Å². The summed E-state index contributed by atoms with van der Waals surface area (Å²) in [5, 5.41) is 9.15. The Morgan fingerprint density at radius 3 is 1.32 bits per heavy atom. The van der Waals surface area contributed by atoms with E-state index < -0.39 is 13.9 Å². The summed E-state index contributed by atoms with van der Waals surface area (Å²) in [5.74, 6) is -0.997. The van der Waals surface area contributed by atoms with Gasteiger partial charge in [-0.15, -0.1) is 0 Å². The molecule has 0 atom stereocenters. The predicted octanol–water partition coefficient (Wildman–Crippen LogP) is 5.47.